The standard InChI is InChI=1S/C29H30N4OS/c1-20-9-5-6-11-25(20)34-23-14-12-22(13-15-23)33-27(21-16-18-32(19-21)29(2,3)4)26(31-28(33)35)24-10-7-8-17-30-24/h5-19,26-27H,1-4H3,(H,31,35). The van der Waals surface area contributed by atoms with Gasteiger partial charge in [-0.1, -0.05) is 24.3 Å². The van der Waals surface area contributed by atoms with Gasteiger partial charge in [-0.05, 0) is 99.6 Å². The summed E-state index contributed by atoms with van der Waals surface area (Å²) in [6, 6.07) is 24.2. The molecule has 2 atom stereocenters. The van der Waals surface area contributed by atoms with E-state index >= 15 is 0 Å². The van der Waals surface area contributed by atoms with Crippen molar-refractivity contribution in [3.05, 3.63) is 108 Å². The highest BCUT2D eigenvalue weighted by molar-refractivity contribution is 7.80. The Morgan fingerprint density at radius 3 is 2.34 bits per heavy atom. The first-order valence-corrected chi connectivity index (χ1v) is 12.2. The molecule has 1 aliphatic rings. The summed E-state index contributed by atoms with van der Waals surface area (Å²) in [5.74, 6) is 1.65. The number of rotatable bonds is 5. The van der Waals surface area contributed by atoms with Crippen LogP contribution in [0.4, 0.5) is 5.69 Å². The zero-order valence-electron chi connectivity index (χ0n) is 20.5. The highest BCUT2D eigenvalue weighted by Crippen LogP contribution is 2.42. The number of aromatic nitrogens is 2. The number of pyridine rings is 1. The second kappa shape index (κ2) is 9.19. The Bertz CT molecular complexity index is 1320. The van der Waals surface area contributed by atoms with Gasteiger partial charge in [-0.15, -0.1) is 0 Å². The minimum atomic E-state index is -0.0672. The minimum Gasteiger partial charge on any atom is -0.457 e. The molecule has 1 aliphatic heterocycles. The molecular weight excluding hydrogens is 452 g/mol. The largest absolute Gasteiger partial charge is 0.457 e. The molecular formula is C29H30N4OS. The summed E-state index contributed by atoms with van der Waals surface area (Å²) in [6.45, 7) is 8.66. The van der Waals surface area contributed by atoms with Crippen molar-refractivity contribution in [2.24, 2.45) is 0 Å². The van der Waals surface area contributed by atoms with Gasteiger partial charge in [0.2, 0.25) is 0 Å². The van der Waals surface area contributed by atoms with Crippen molar-refractivity contribution < 1.29 is 4.74 Å². The van der Waals surface area contributed by atoms with Gasteiger partial charge in [0.05, 0.1) is 17.8 Å². The number of anilines is 1. The first-order chi connectivity index (χ1) is 16.8. The quantitative estimate of drug-likeness (QED) is 0.313. The summed E-state index contributed by atoms with van der Waals surface area (Å²) in [5.41, 5.74) is 4.24. The van der Waals surface area contributed by atoms with Gasteiger partial charge in [0.25, 0.3) is 0 Å². The van der Waals surface area contributed by atoms with Crippen molar-refractivity contribution in [2.45, 2.75) is 45.3 Å². The summed E-state index contributed by atoms with van der Waals surface area (Å²) in [4.78, 5) is 6.84. The third-order valence-electron chi connectivity index (χ3n) is 6.37. The molecule has 0 bridgehead atoms. The van der Waals surface area contributed by atoms with Crippen LogP contribution in [0.1, 0.15) is 49.7 Å². The van der Waals surface area contributed by atoms with Crippen LogP contribution in [0.5, 0.6) is 11.5 Å². The Kier molecular flexibility index (Phi) is 6.07. The highest BCUT2D eigenvalue weighted by atomic mass is 32.1. The fraction of sp³-hybridized carbons (Fsp3) is 0.241. The first kappa shape index (κ1) is 23.1. The molecule has 2 aromatic heterocycles. The highest BCUT2D eigenvalue weighted by Gasteiger charge is 2.41. The number of para-hydroxylation sites is 1. The van der Waals surface area contributed by atoms with Crippen LogP contribution < -0.4 is 15.0 Å². The molecule has 35 heavy (non-hydrogen) atoms. The van der Waals surface area contributed by atoms with Gasteiger partial charge in [-0.25, -0.2) is 0 Å². The Balaban J connectivity index is 1.50. The second-order valence-corrected chi connectivity index (χ2v) is 10.3. The number of hydrogen-bond acceptors (Lipinski definition) is 3. The number of hydrogen-bond donors (Lipinski definition) is 1. The topological polar surface area (TPSA) is 42.3 Å². The Morgan fingerprint density at radius 1 is 0.943 bits per heavy atom. The normalized spacial score (nSPS) is 17.9. The zero-order chi connectivity index (χ0) is 24.6. The minimum absolute atomic E-state index is 0.00925. The molecule has 0 spiro atoms. The molecule has 4 aromatic rings. The van der Waals surface area contributed by atoms with E-state index in [1.165, 1.54) is 5.56 Å². The van der Waals surface area contributed by atoms with E-state index in [4.69, 9.17) is 17.0 Å². The van der Waals surface area contributed by atoms with Gasteiger partial charge >= 0.3 is 0 Å². The van der Waals surface area contributed by atoms with Gasteiger partial charge in [-0.3, -0.25) is 4.98 Å². The monoisotopic (exact) mass is 482 g/mol. The maximum atomic E-state index is 6.12. The van der Waals surface area contributed by atoms with E-state index in [1.54, 1.807) is 0 Å². The number of benzene rings is 2. The van der Waals surface area contributed by atoms with E-state index in [1.807, 2.05) is 61.7 Å². The van der Waals surface area contributed by atoms with E-state index in [0.717, 1.165) is 28.4 Å². The maximum absolute atomic E-state index is 6.12. The van der Waals surface area contributed by atoms with E-state index in [-0.39, 0.29) is 17.6 Å². The van der Waals surface area contributed by atoms with Gasteiger partial charge < -0.3 is 19.5 Å². The SMILES string of the molecule is Cc1ccccc1Oc1ccc(N2C(=S)NC(c3ccccn3)C2c2ccn(C(C)(C)C)c2)cc1. The molecule has 3 heterocycles. The summed E-state index contributed by atoms with van der Waals surface area (Å²) in [5, 5.41) is 4.21. The second-order valence-electron chi connectivity index (χ2n) is 9.88. The predicted molar refractivity (Wildman–Crippen MR) is 145 cm³/mol. The molecule has 0 amide bonds. The lowest BCUT2D eigenvalue weighted by atomic mass is 9.98. The van der Waals surface area contributed by atoms with Gasteiger partial charge in [0.1, 0.15) is 11.5 Å². The summed E-state index contributed by atoms with van der Waals surface area (Å²) < 4.78 is 8.36. The van der Waals surface area contributed by atoms with Crippen LogP contribution in [0.3, 0.4) is 0 Å². The number of nitrogens with zero attached hydrogens (tertiary/aromatic N) is 3. The molecule has 1 fully saturated rings. The van der Waals surface area contributed by atoms with Crippen molar-refractivity contribution in [3.63, 3.8) is 0 Å². The van der Waals surface area contributed by atoms with Crippen molar-refractivity contribution in [1.82, 2.24) is 14.9 Å². The summed E-state index contributed by atoms with van der Waals surface area (Å²) in [7, 11) is 0. The molecule has 0 radical (unpaired) electrons. The third-order valence-corrected chi connectivity index (χ3v) is 6.68. The first-order valence-electron chi connectivity index (χ1n) is 11.8. The molecule has 2 aromatic carbocycles. The third kappa shape index (κ3) is 4.66. The predicted octanol–water partition coefficient (Wildman–Crippen LogP) is 6.92. The Labute approximate surface area is 212 Å². The molecule has 1 saturated heterocycles. The van der Waals surface area contributed by atoms with Crippen molar-refractivity contribution in [2.75, 3.05) is 4.90 Å². The van der Waals surface area contributed by atoms with Crippen molar-refractivity contribution in [1.29, 1.82) is 0 Å². The maximum Gasteiger partial charge on any atom is 0.174 e. The molecule has 0 saturated carbocycles. The van der Waals surface area contributed by atoms with E-state index < -0.39 is 0 Å². The smallest absolute Gasteiger partial charge is 0.174 e. The number of thiocarbonyl (C=S) groups is 1. The molecule has 2 unspecified atom stereocenters. The van der Waals surface area contributed by atoms with Crippen LogP contribution >= 0.6 is 12.2 Å². The molecule has 178 valence electrons. The van der Waals surface area contributed by atoms with Crippen LogP contribution in [0.2, 0.25) is 0 Å². The van der Waals surface area contributed by atoms with Crippen LogP contribution in [-0.4, -0.2) is 14.7 Å². The van der Waals surface area contributed by atoms with Gasteiger partial charge in [0.15, 0.2) is 5.11 Å². The fourth-order valence-electron chi connectivity index (χ4n) is 4.45. The molecule has 5 nitrogen and oxygen atoms in total. The van der Waals surface area contributed by atoms with E-state index in [2.05, 4.69) is 77.2 Å². The van der Waals surface area contributed by atoms with Crippen LogP contribution in [0, 0.1) is 6.92 Å². The summed E-state index contributed by atoms with van der Waals surface area (Å²) in [6.07, 6.45) is 6.19. The van der Waals surface area contributed by atoms with Crippen LogP contribution in [0.25, 0.3) is 0 Å². The summed E-state index contributed by atoms with van der Waals surface area (Å²) >= 11 is 5.86. The van der Waals surface area contributed by atoms with Crippen LogP contribution in [0.15, 0.2) is 91.4 Å². The fourth-order valence-corrected chi connectivity index (χ4v) is 4.80. The average Bonchev–Trinajstić information content (AvgIpc) is 3.47. The lowest BCUT2D eigenvalue weighted by Crippen LogP contribution is -2.29. The lowest BCUT2D eigenvalue weighted by molar-refractivity contribution is 0.397. The zero-order valence-corrected chi connectivity index (χ0v) is 21.3. The van der Waals surface area contributed by atoms with Crippen molar-refractivity contribution >= 4 is 23.0 Å². The van der Waals surface area contributed by atoms with Crippen molar-refractivity contribution in [3.8, 4) is 11.5 Å². The van der Waals surface area contributed by atoms with E-state index in [9.17, 15) is 0 Å². The number of nitrogens with one attached hydrogen (secondary N) is 1. The van der Waals surface area contributed by atoms with Crippen LogP contribution in [-0.2, 0) is 5.54 Å². The van der Waals surface area contributed by atoms with E-state index in [0.29, 0.717) is 5.11 Å². The molecule has 5 rings (SSSR count). The number of ether oxygens (including phenoxy) is 1. The average molecular weight is 483 g/mol. The van der Waals surface area contributed by atoms with Gasteiger partial charge in [-0.2, -0.15) is 0 Å². The molecule has 0 aliphatic carbocycles. The Morgan fingerprint density at radius 2 is 1.69 bits per heavy atom. The lowest BCUT2D eigenvalue weighted by Gasteiger charge is -2.28. The molecule has 6 heteroatoms. The molecule has 1 N–H and O–H groups in total. The number of aryl methyl sites for hydroxylation is 1. The van der Waals surface area contributed by atoms with Gasteiger partial charge in [0, 0.05) is 29.8 Å². The Hall–Kier alpha value is -3.64.